The first-order valence-electron chi connectivity index (χ1n) is 33.0. The van der Waals surface area contributed by atoms with Gasteiger partial charge in [-0.15, -0.1) is 10.2 Å². The van der Waals surface area contributed by atoms with E-state index in [0.29, 0.717) is 55.9 Å². The number of alkyl carbamates (subject to hydrolysis) is 1. The van der Waals surface area contributed by atoms with E-state index in [1.54, 1.807) is 66.9 Å². The lowest BCUT2D eigenvalue weighted by Crippen LogP contribution is -2.59. The van der Waals surface area contributed by atoms with E-state index in [2.05, 4.69) is 59.2 Å². The van der Waals surface area contributed by atoms with E-state index in [1.165, 1.54) is 23.7 Å². The molecule has 3 saturated heterocycles. The van der Waals surface area contributed by atoms with Crippen molar-refractivity contribution >= 4 is 53.5 Å². The minimum atomic E-state index is -1.26. The molecule has 4 aliphatic rings. The van der Waals surface area contributed by atoms with Crippen molar-refractivity contribution in [2.75, 3.05) is 20.2 Å². The Balaban J connectivity index is 0.802. The standard InChI is InChI=1S/C71H84N14O10S/c1-8-58(72-69(91)95-71(4,5)6)64(87)75-62-48(34-35-50-36-37-59(85(50)67(62)90)65(88)74-61(46-23-12-9-13-24-46)47-25-14-10-15-26-47)39-82-40-49(76-79-82)42-93-45(3)60(66(89)83-38-22-27-51(83)41-84-68(77-78-80-84)96-52-28-16-11-17-29-52)73-63(86)44(2)81(7)70(92)94-43-57-55-32-20-18-30-53(55)54-31-19-21-33-56(54)57/h9-21,23-26,28-33,40,44-45,48,50-51,57-62H,8,22,27,34-39,41-43H2,1-7H3,(H,72,91)(H,73,86)(H,74,88)(H,75,87)/t44-,45+,48+,50-,51-,58-,59-,60-,62-/m0/s1. The number of tetrazole rings is 1. The van der Waals surface area contributed by atoms with Crippen molar-refractivity contribution in [1.29, 1.82) is 0 Å². The Morgan fingerprint density at radius 3 is 2.02 bits per heavy atom. The number of rotatable bonds is 24. The van der Waals surface area contributed by atoms with E-state index in [-0.39, 0.29) is 56.6 Å². The van der Waals surface area contributed by atoms with E-state index in [0.717, 1.165) is 38.3 Å². The summed E-state index contributed by atoms with van der Waals surface area (Å²) in [7, 11) is 1.48. The highest BCUT2D eigenvalue weighted by atomic mass is 32.2. The number of aromatic nitrogens is 7. The molecule has 0 radical (unpaired) electrons. The van der Waals surface area contributed by atoms with Gasteiger partial charge in [0.05, 0.1) is 37.5 Å². The molecule has 504 valence electrons. The highest BCUT2D eigenvalue weighted by Crippen LogP contribution is 2.45. The highest BCUT2D eigenvalue weighted by molar-refractivity contribution is 7.99. The van der Waals surface area contributed by atoms with Crippen LogP contribution in [0.1, 0.15) is 126 Å². The lowest BCUT2D eigenvalue weighted by molar-refractivity contribution is -0.144. The lowest BCUT2D eigenvalue weighted by atomic mass is 9.92. The van der Waals surface area contributed by atoms with Gasteiger partial charge in [-0.3, -0.25) is 33.6 Å². The number of benzene rings is 5. The van der Waals surface area contributed by atoms with Crippen molar-refractivity contribution in [3.8, 4) is 11.1 Å². The largest absolute Gasteiger partial charge is 0.448 e. The van der Waals surface area contributed by atoms with Gasteiger partial charge in [0.1, 0.15) is 48.1 Å². The molecule has 11 rings (SSSR count). The molecule has 24 nitrogen and oxygen atoms in total. The van der Waals surface area contributed by atoms with Crippen molar-refractivity contribution in [3.63, 3.8) is 0 Å². The van der Waals surface area contributed by atoms with Crippen LogP contribution in [0.4, 0.5) is 9.59 Å². The third-order valence-electron chi connectivity index (χ3n) is 18.5. The second-order valence-electron chi connectivity index (χ2n) is 26.1. The fourth-order valence-corrected chi connectivity index (χ4v) is 14.2. The summed E-state index contributed by atoms with van der Waals surface area (Å²) >= 11 is 1.40. The van der Waals surface area contributed by atoms with Crippen LogP contribution in [0, 0.1) is 5.92 Å². The van der Waals surface area contributed by atoms with Crippen LogP contribution in [0.5, 0.6) is 0 Å². The van der Waals surface area contributed by atoms with Crippen molar-refractivity contribution in [2.24, 2.45) is 5.92 Å². The molecular weight excluding hydrogens is 1240 g/mol. The molecule has 3 aliphatic heterocycles. The summed E-state index contributed by atoms with van der Waals surface area (Å²) in [5.41, 5.74) is 5.51. The number of nitrogens with one attached hydrogen (secondary N) is 4. The van der Waals surface area contributed by atoms with Crippen LogP contribution in [0.2, 0.25) is 0 Å². The fraction of sp³-hybridized carbons (Fsp3) is 0.437. The summed E-state index contributed by atoms with van der Waals surface area (Å²) in [5, 5.41) is 33.9. The smallest absolute Gasteiger partial charge is 0.410 e. The SMILES string of the molecule is CC[C@H](NC(=O)OC(C)(C)C)C(=O)N[C@@H]1C(=O)N2[C@@H](CC[C@@H]1Cn1cc(CO[C@H](C)[C@H](NC(=O)[C@H](C)N(C)C(=O)OCC3c4ccccc4-c4ccccc43)C(=O)N3CCC[C@H]3Cn3nnnc3Sc3ccccc3)nn1)CC[C@H]2C(=O)NC(c1ccccc1)c1ccccc1. The first kappa shape index (κ1) is 67.9. The van der Waals surface area contributed by atoms with Crippen molar-refractivity contribution in [1.82, 2.24) is 71.2 Å². The molecule has 5 heterocycles. The van der Waals surface area contributed by atoms with E-state index < -0.39 is 89.7 Å². The molecule has 0 spiro atoms. The number of likely N-dealkylation sites (N-methyl/N-ethyl adjacent to an activating group) is 1. The Kier molecular flexibility index (Phi) is 21.6. The van der Waals surface area contributed by atoms with Gasteiger partial charge < -0.3 is 45.3 Å². The minimum absolute atomic E-state index is 0.0431. The maximum atomic E-state index is 15.4. The molecule has 25 heteroatoms. The second kappa shape index (κ2) is 30.5. The summed E-state index contributed by atoms with van der Waals surface area (Å²) in [6.07, 6.45) is 2.61. The van der Waals surface area contributed by atoms with Crippen molar-refractivity contribution in [3.05, 3.63) is 174 Å². The average Bonchev–Trinajstić information content (AvgIpc) is 1.62. The Morgan fingerprint density at radius 2 is 1.36 bits per heavy atom. The zero-order valence-electron chi connectivity index (χ0n) is 55.2. The predicted octanol–water partition coefficient (Wildman–Crippen LogP) is 8.23. The number of fused-ring (bicyclic) bond motifs is 4. The molecule has 4 N–H and O–H groups in total. The number of likely N-dealkylation sites (tertiary alicyclic amines) is 1. The molecule has 96 heavy (non-hydrogen) atoms. The molecule has 0 saturated carbocycles. The zero-order valence-corrected chi connectivity index (χ0v) is 56.0. The van der Waals surface area contributed by atoms with Gasteiger partial charge in [0.25, 0.3) is 0 Å². The average molecular weight is 1330 g/mol. The first-order chi connectivity index (χ1) is 46.3. The quantitative estimate of drug-likeness (QED) is 0.0443. The Bertz CT molecular complexity index is 3790. The van der Waals surface area contributed by atoms with Crippen LogP contribution < -0.4 is 21.3 Å². The Labute approximate surface area is 562 Å². The number of nitrogens with zero attached hydrogens (tertiary/aromatic N) is 10. The van der Waals surface area contributed by atoms with E-state index >= 15 is 9.59 Å². The van der Waals surface area contributed by atoms with E-state index in [1.807, 2.05) is 127 Å². The van der Waals surface area contributed by atoms with Gasteiger partial charge in [0.2, 0.25) is 34.7 Å². The third kappa shape index (κ3) is 15.9. The number of carbonyl (C=O) groups is 7. The van der Waals surface area contributed by atoms with Crippen LogP contribution in [-0.2, 0) is 57.9 Å². The van der Waals surface area contributed by atoms with E-state index in [4.69, 9.17) is 14.2 Å². The van der Waals surface area contributed by atoms with Crippen LogP contribution in [-0.4, -0.2) is 166 Å². The molecule has 1 aliphatic carbocycles. The van der Waals surface area contributed by atoms with Gasteiger partial charge in [-0.25, -0.2) is 14.3 Å². The fourth-order valence-electron chi connectivity index (χ4n) is 13.4. The number of amides is 7. The third-order valence-corrected chi connectivity index (χ3v) is 19.5. The Hall–Kier alpha value is -9.49. The molecule has 0 unspecified atom stereocenters. The van der Waals surface area contributed by atoms with Gasteiger partial charge in [-0.2, -0.15) is 0 Å². The maximum absolute atomic E-state index is 15.4. The topological polar surface area (TPSA) is 279 Å². The summed E-state index contributed by atoms with van der Waals surface area (Å²) in [6, 6.07) is 38.4. The van der Waals surface area contributed by atoms with Gasteiger partial charge in [0, 0.05) is 42.9 Å². The normalized spacial score (nSPS) is 19.6. The Morgan fingerprint density at radius 1 is 0.729 bits per heavy atom. The minimum Gasteiger partial charge on any atom is -0.448 e. The highest BCUT2D eigenvalue weighted by Gasteiger charge is 2.49. The maximum Gasteiger partial charge on any atom is 0.410 e. The zero-order chi connectivity index (χ0) is 67.6. The molecule has 7 aromatic rings. The molecule has 9 atom stereocenters. The molecule has 0 bridgehead atoms. The van der Waals surface area contributed by atoms with Crippen molar-refractivity contribution < 1.29 is 47.8 Å². The number of carbonyl (C=O) groups excluding carboxylic acids is 7. The monoisotopic (exact) mass is 1320 g/mol. The van der Waals surface area contributed by atoms with Crippen LogP contribution >= 0.6 is 11.8 Å². The van der Waals surface area contributed by atoms with Gasteiger partial charge in [-0.05, 0) is 147 Å². The van der Waals surface area contributed by atoms with Gasteiger partial charge in [-0.1, -0.05) is 140 Å². The van der Waals surface area contributed by atoms with Gasteiger partial charge >= 0.3 is 12.2 Å². The number of hydrogen-bond acceptors (Lipinski definition) is 16. The molecule has 7 amide bonds. The molecule has 2 aromatic heterocycles. The summed E-state index contributed by atoms with van der Waals surface area (Å²) < 4.78 is 21.2. The van der Waals surface area contributed by atoms with E-state index in [9.17, 15) is 24.0 Å². The molecule has 5 aromatic carbocycles. The summed E-state index contributed by atoms with van der Waals surface area (Å²) in [5.74, 6) is -3.17. The number of ether oxygens (including phenoxy) is 3. The van der Waals surface area contributed by atoms with Gasteiger partial charge in [0.15, 0.2) is 0 Å². The molecule has 3 fully saturated rings. The van der Waals surface area contributed by atoms with Crippen LogP contribution in [0.3, 0.4) is 0 Å². The summed E-state index contributed by atoms with van der Waals surface area (Å²) in [4.78, 5) is 107. The second-order valence-corrected chi connectivity index (χ2v) is 27.1. The first-order valence-corrected chi connectivity index (χ1v) is 33.8. The van der Waals surface area contributed by atoms with Crippen LogP contribution in [0.15, 0.2) is 156 Å². The van der Waals surface area contributed by atoms with Crippen LogP contribution in [0.25, 0.3) is 11.1 Å². The van der Waals surface area contributed by atoms with Crippen molar-refractivity contribution in [2.45, 2.75) is 182 Å². The summed E-state index contributed by atoms with van der Waals surface area (Å²) in [6.45, 7) is 10.8. The number of hydrogen-bond donors (Lipinski definition) is 4. The predicted molar refractivity (Wildman–Crippen MR) is 356 cm³/mol. The molecular formula is C71H84N14O10S. The lowest BCUT2D eigenvalue weighted by Gasteiger charge is -2.33.